The number of rotatable bonds is 8. The Labute approximate surface area is 108 Å². The Hall–Kier alpha value is -1.29. The van der Waals surface area contributed by atoms with E-state index in [1.807, 2.05) is 13.8 Å². The molecule has 4 heteroatoms. The summed E-state index contributed by atoms with van der Waals surface area (Å²) in [6.07, 6.45) is 2.77. The fourth-order valence-electron chi connectivity index (χ4n) is 1.63. The number of hydrogen-bond acceptors (Lipinski definition) is 3. The third-order valence-electron chi connectivity index (χ3n) is 2.45. The Kier molecular flexibility index (Phi) is 6.50. The Morgan fingerprint density at radius 1 is 1.28 bits per heavy atom. The number of ether oxygens (including phenoxy) is 1. The molecule has 0 aliphatic heterocycles. The van der Waals surface area contributed by atoms with Crippen LogP contribution in [0.5, 0.6) is 5.75 Å². The van der Waals surface area contributed by atoms with Crippen LogP contribution < -0.4 is 10.1 Å². The van der Waals surface area contributed by atoms with Crippen molar-refractivity contribution < 1.29 is 14.2 Å². The highest BCUT2D eigenvalue weighted by Crippen LogP contribution is 2.26. The molecule has 102 valence electrons. The van der Waals surface area contributed by atoms with Crippen molar-refractivity contribution in [2.75, 3.05) is 18.5 Å². The first-order valence-corrected chi connectivity index (χ1v) is 6.44. The molecule has 0 radical (unpaired) electrons. The van der Waals surface area contributed by atoms with Crippen LogP contribution in [0.1, 0.15) is 33.1 Å². The molecule has 18 heavy (non-hydrogen) atoms. The van der Waals surface area contributed by atoms with Crippen molar-refractivity contribution in [1.82, 2.24) is 0 Å². The summed E-state index contributed by atoms with van der Waals surface area (Å²) in [7, 11) is 0. The standard InChI is InChI=1S/C14H22FNO2/c1-11(2)18-14-7-6-12(15)10-13(14)16-8-4-3-5-9-17/h6-7,10-11,16-17H,3-5,8-9H2,1-2H3. The number of nitrogens with one attached hydrogen (secondary N) is 1. The van der Waals surface area contributed by atoms with Crippen LogP contribution in [-0.2, 0) is 0 Å². The summed E-state index contributed by atoms with van der Waals surface area (Å²) >= 11 is 0. The second-order valence-corrected chi connectivity index (χ2v) is 4.52. The van der Waals surface area contributed by atoms with Gasteiger partial charge in [-0.1, -0.05) is 0 Å². The van der Waals surface area contributed by atoms with Crippen molar-refractivity contribution in [1.29, 1.82) is 0 Å². The Bertz CT molecular complexity index is 356. The third kappa shape index (κ3) is 5.36. The first-order chi connectivity index (χ1) is 8.63. The van der Waals surface area contributed by atoms with E-state index in [9.17, 15) is 4.39 Å². The molecule has 0 saturated carbocycles. The molecule has 0 spiro atoms. The van der Waals surface area contributed by atoms with E-state index in [0.29, 0.717) is 11.4 Å². The maximum atomic E-state index is 13.2. The predicted octanol–water partition coefficient (Wildman–Crippen LogP) is 3.19. The van der Waals surface area contributed by atoms with Gasteiger partial charge < -0.3 is 15.2 Å². The van der Waals surface area contributed by atoms with Crippen LogP contribution in [-0.4, -0.2) is 24.4 Å². The molecule has 1 aromatic rings. The fourth-order valence-corrected chi connectivity index (χ4v) is 1.63. The molecule has 0 unspecified atom stereocenters. The maximum absolute atomic E-state index is 13.2. The van der Waals surface area contributed by atoms with Gasteiger partial charge in [-0.25, -0.2) is 4.39 Å². The largest absolute Gasteiger partial charge is 0.489 e. The first-order valence-electron chi connectivity index (χ1n) is 6.44. The van der Waals surface area contributed by atoms with Crippen LogP contribution in [0, 0.1) is 5.82 Å². The zero-order chi connectivity index (χ0) is 13.4. The minimum atomic E-state index is -0.274. The van der Waals surface area contributed by atoms with Crippen molar-refractivity contribution in [3.8, 4) is 5.75 Å². The molecule has 0 bridgehead atoms. The number of aliphatic hydroxyl groups is 1. The van der Waals surface area contributed by atoms with Gasteiger partial charge in [0.2, 0.25) is 0 Å². The average molecular weight is 255 g/mol. The normalized spacial score (nSPS) is 10.7. The van der Waals surface area contributed by atoms with Crippen LogP contribution in [0.15, 0.2) is 18.2 Å². The number of benzene rings is 1. The summed E-state index contributed by atoms with van der Waals surface area (Å²) in [6.45, 7) is 4.85. The van der Waals surface area contributed by atoms with E-state index in [2.05, 4.69) is 5.32 Å². The van der Waals surface area contributed by atoms with Gasteiger partial charge in [-0.15, -0.1) is 0 Å². The minimum Gasteiger partial charge on any atom is -0.489 e. The SMILES string of the molecule is CC(C)Oc1ccc(F)cc1NCCCCCO. The van der Waals surface area contributed by atoms with E-state index in [1.54, 1.807) is 6.07 Å². The monoisotopic (exact) mass is 255 g/mol. The topological polar surface area (TPSA) is 41.5 Å². The molecule has 0 aliphatic rings. The van der Waals surface area contributed by atoms with Crippen molar-refractivity contribution in [3.05, 3.63) is 24.0 Å². The second-order valence-electron chi connectivity index (χ2n) is 4.52. The summed E-state index contributed by atoms with van der Waals surface area (Å²) in [4.78, 5) is 0. The summed E-state index contributed by atoms with van der Waals surface area (Å²) in [5.74, 6) is 0.400. The maximum Gasteiger partial charge on any atom is 0.142 e. The lowest BCUT2D eigenvalue weighted by atomic mass is 10.2. The molecule has 0 saturated heterocycles. The molecule has 0 aromatic heterocycles. The molecule has 0 heterocycles. The molecular weight excluding hydrogens is 233 g/mol. The quantitative estimate of drug-likeness (QED) is 0.701. The molecule has 0 fully saturated rings. The lowest BCUT2D eigenvalue weighted by Crippen LogP contribution is -2.09. The zero-order valence-corrected chi connectivity index (χ0v) is 11.1. The lowest BCUT2D eigenvalue weighted by molar-refractivity contribution is 0.243. The van der Waals surface area contributed by atoms with Crippen LogP contribution in [0.25, 0.3) is 0 Å². The molecular formula is C14H22FNO2. The van der Waals surface area contributed by atoms with E-state index in [4.69, 9.17) is 9.84 Å². The Morgan fingerprint density at radius 2 is 2.06 bits per heavy atom. The van der Waals surface area contributed by atoms with Crippen molar-refractivity contribution in [2.45, 2.75) is 39.2 Å². The van der Waals surface area contributed by atoms with Gasteiger partial charge in [-0.2, -0.15) is 0 Å². The molecule has 0 amide bonds. The molecule has 0 aliphatic carbocycles. The number of hydrogen-bond donors (Lipinski definition) is 2. The van der Waals surface area contributed by atoms with Gasteiger partial charge in [-0.3, -0.25) is 0 Å². The van der Waals surface area contributed by atoms with Gasteiger partial charge in [0.25, 0.3) is 0 Å². The lowest BCUT2D eigenvalue weighted by Gasteiger charge is -2.15. The Morgan fingerprint density at radius 3 is 2.72 bits per heavy atom. The first kappa shape index (κ1) is 14.8. The molecule has 2 N–H and O–H groups in total. The van der Waals surface area contributed by atoms with Crippen LogP contribution in [0.4, 0.5) is 10.1 Å². The highest BCUT2D eigenvalue weighted by Gasteiger charge is 2.06. The summed E-state index contributed by atoms with van der Waals surface area (Å²) < 4.78 is 18.8. The molecule has 3 nitrogen and oxygen atoms in total. The fraction of sp³-hybridized carbons (Fsp3) is 0.571. The predicted molar refractivity (Wildman–Crippen MR) is 71.6 cm³/mol. The summed E-state index contributed by atoms with van der Waals surface area (Å²) in [5.41, 5.74) is 0.688. The van der Waals surface area contributed by atoms with Gasteiger partial charge in [0, 0.05) is 19.2 Å². The summed E-state index contributed by atoms with van der Waals surface area (Å²) in [6, 6.07) is 4.49. The highest BCUT2D eigenvalue weighted by atomic mass is 19.1. The van der Waals surface area contributed by atoms with E-state index in [1.165, 1.54) is 12.1 Å². The van der Waals surface area contributed by atoms with E-state index < -0.39 is 0 Å². The number of aliphatic hydroxyl groups excluding tert-OH is 1. The second kappa shape index (κ2) is 7.93. The van der Waals surface area contributed by atoms with Gasteiger partial charge >= 0.3 is 0 Å². The molecule has 1 aromatic carbocycles. The zero-order valence-electron chi connectivity index (χ0n) is 11.1. The van der Waals surface area contributed by atoms with Gasteiger partial charge in [-0.05, 0) is 45.2 Å². The average Bonchev–Trinajstić information content (AvgIpc) is 2.31. The van der Waals surface area contributed by atoms with E-state index in [0.717, 1.165) is 25.8 Å². The van der Waals surface area contributed by atoms with E-state index >= 15 is 0 Å². The van der Waals surface area contributed by atoms with Crippen LogP contribution >= 0.6 is 0 Å². The van der Waals surface area contributed by atoms with Gasteiger partial charge in [0.15, 0.2) is 0 Å². The number of anilines is 1. The highest BCUT2D eigenvalue weighted by molar-refractivity contribution is 5.56. The Balaban J connectivity index is 2.53. The van der Waals surface area contributed by atoms with Crippen molar-refractivity contribution in [2.24, 2.45) is 0 Å². The van der Waals surface area contributed by atoms with Crippen molar-refractivity contribution >= 4 is 5.69 Å². The summed E-state index contributed by atoms with van der Waals surface area (Å²) in [5, 5.41) is 11.8. The number of halogens is 1. The van der Waals surface area contributed by atoms with Gasteiger partial charge in [0.05, 0.1) is 11.8 Å². The van der Waals surface area contributed by atoms with Crippen LogP contribution in [0.2, 0.25) is 0 Å². The molecule has 0 atom stereocenters. The minimum absolute atomic E-state index is 0.0606. The third-order valence-corrected chi connectivity index (χ3v) is 2.45. The van der Waals surface area contributed by atoms with Crippen LogP contribution in [0.3, 0.4) is 0 Å². The smallest absolute Gasteiger partial charge is 0.142 e. The number of unbranched alkanes of at least 4 members (excludes halogenated alkanes) is 2. The van der Waals surface area contributed by atoms with Gasteiger partial charge in [0.1, 0.15) is 11.6 Å². The van der Waals surface area contributed by atoms with Crippen molar-refractivity contribution in [3.63, 3.8) is 0 Å². The molecule has 1 rings (SSSR count). The van der Waals surface area contributed by atoms with E-state index in [-0.39, 0.29) is 18.5 Å².